The lowest BCUT2D eigenvalue weighted by Crippen LogP contribution is -2.57. The Labute approximate surface area is 95.2 Å². The van der Waals surface area contributed by atoms with Crippen molar-refractivity contribution >= 4 is 17.6 Å². The third-order valence-electron chi connectivity index (χ3n) is 2.71. The number of hydrogen-bond donors (Lipinski definition) is 1. The highest BCUT2D eigenvalue weighted by Crippen LogP contribution is 2.10. The molecular formula is C11H18N2O3. The summed E-state index contributed by atoms with van der Waals surface area (Å²) < 4.78 is 0. The number of piperazine rings is 1. The second-order valence-electron chi connectivity index (χ2n) is 4.11. The smallest absolute Gasteiger partial charge is 0.243 e. The quantitative estimate of drug-likeness (QED) is 0.675. The van der Waals surface area contributed by atoms with Crippen LogP contribution in [0, 0.1) is 0 Å². The van der Waals surface area contributed by atoms with Crippen molar-refractivity contribution in [3.63, 3.8) is 0 Å². The molecule has 0 saturated carbocycles. The number of nitrogens with one attached hydrogen (secondary N) is 1. The zero-order valence-corrected chi connectivity index (χ0v) is 9.78. The molecule has 0 aromatic rings. The van der Waals surface area contributed by atoms with Gasteiger partial charge >= 0.3 is 0 Å². The molecule has 1 unspecified atom stereocenters. The van der Waals surface area contributed by atoms with E-state index < -0.39 is 0 Å². The van der Waals surface area contributed by atoms with Crippen LogP contribution in [0.25, 0.3) is 0 Å². The van der Waals surface area contributed by atoms with Crippen LogP contribution in [0.1, 0.15) is 33.1 Å². The second-order valence-corrected chi connectivity index (χ2v) is 4.11. The molecule has 1 N–H and O–H groups in total. The second kappa shape index (κ2) is 5.75. The first-order chi connectivity index (χ1) is 7.54. The molecule has 90 valence electrons. The maximum absolute atomic E-state index is 11.5. The van der Waals surface area contributed by atoms with E-state index in [2.05, 4.69) is 5.32 Å². The highest BCUT2D eigenvalue weighted by Gasteiger charge is 2.31. The molecule has 0 aromatic heterocycles. The minimum Gasteiger partial charge on any atom is -0.300 e. The SMILES string of the molecule is CCC1C(=O)NC(=O)CN1CCCC(C)=O. The van der Waals surface area contributed by atoms with E-state index in [-0.39, 0.29) is 30.2 Å². The van der Waals surface area contributed by atoms with Crippen LogP contribution < -0.4 is 5.32 Å². The lowest BCUT2D eigenvalue weighted by molar-refractivity contribution is -0.140. The van der Waals surface area contributed by atoms with Crippen molar-refractivity contribution in [1.29, 1.82) is 0 Å². The lowest BCUT2D eigenvalue weighted by atomic mass is 10.1. The van der Waals surface area contributed by atoms with E-state index in [1.807, 2.05) is 11.8 Å². The number of imide groups is 1. The Kier molecular flexibility index (Phi) is 4.61. The average Bonchev–Trinajstić information content (AvgIpc) is 2.16. The summed E-state index contributed by atoms with van der Waals surface area (Å²) in [5.41, 5.74) is 0. The van der Waals surface area contributed by atoms with Crippen molar-refractivity contribution in [1.82, 2.24) is 10.2 Å². The Morgan fingerprint density at radius 3 is 2.75 bits per heavy atom. The van der Waals surface area contributed by atoms with Gasteiger partial charge in [0.1, 0.15) is 5.78 Å². The van der Waals surface area contributed by atoms with Crippen LogP contribution in [0.15, 0.2) is 0 Å². The van der Waals surface area contributed by atoms with Crippen molar-refractivity contribution in [2.24, 2.45) is 0 Å². The summed E-state index contributed by atoms with van der Waals surface area (Å²) in [6.45, 7) is 4.34. The molecule has 0 bridgehead atoms. The van der Waals surface area contributed by atoms with Crippen LogP contribution in [0.4, 0.5) is 0 Å². The average molecular weight is 226 g/mol. The van der Waals surface area contributed by atoms with Crippen LogP contribution in [-0.2, 0) is 14.4 Å². The van der Waals surface area contributed by atoms with Crippen molar-refractivity contribution in [3.05, 3.63) is 0 Å². The van der Waals surface area contributed by atoms with Crippen LogP contribution in [0.5, 0.6) is 0 Å². The van der Waals surface area contributed by atoms with E-state index in [1.165, 1.54) is 0 Å². The summed E-state index contributed by atoms with van der Waals surface area (Å²) in [6, 6.07) is -0.232. The molecule has 1 aliphatic heterocycles. The molecular weight excluding hydrogens is 208 g/mol. The number of carbonyl (C=O) groups excluding carboxylic acids is 3. The predicted molar refractivity (Wildman–Crippen MR) is 58.7 cm³/mol. The van der Waals surface area contributed by atoms with Crippen LogP contribution in [0.2, 0.25) is 0 Å². The van der Waals surface area contributed by atoms with Gasteiger partial charge in [0.2, 0.25) is 11.8 Å². The molecule has 1 heterocycles. The van der Waals surface area contributed by atoms with Gasteiger partial charge in [-0.15, -0.1) is 0 Å². The fraction of sp³-hybridized carbons (Fsp3) is 0.727. The Morgan fingerprint density at radius 1 is 1.50 bits per heavy atom. The Bertz CT molecular complexity index is 302. The van der Waals surface area contributed by atoms with Gasteiger partial charge in [-0.25, -0.2) is 0 Å². The molecule has 5 nitrogen and oxygen atoms in total. The molecule has 0 spiro atoms. The highest BCUT2D eigenvalue weighted by molar-refractivity contribution is 6.01. The van der Waals surface area contributed by atoms with Crippen LogP contribution in [-0.4, -0.2) is 41.6 Å². The molecule has 1 fully saturated rings. The Hall–Kier alpha value is -1.23. The largest absolute Gasteiger partial charge is 0.300 e. The number of ketones is 1. The number of rotatable bonds is 5. The molecule has 5 heteroatoms. The summed E-state index contributed by atoms with van der Waals surface area (Å²) in [6.07, 6.45) is 1.88. The van der Waals surface area contributed by atoms with Gasteiger partial charge in [-0.3, -0.25) is 19.8 Å². The molecule has 1 saturated heterocycles. The molecule has 0 aromatic carbocycles. The number of carbonyl (C=O) groups is 3. The molecule has 1 aliphatic rings. The Balaban J connectivity index is 2.50. The van der Waals surface area contributed by atoms with E-state index in [0.717, 1.165) is 0 Å². The zero-order valence-electron chi connectivity index (χ0n) is 9.78. The van der Waals surface area contributed by atoms with Crippen molar-refractivity contribution in [2.75, 3.05) is 13.1 Å². The van der Waals surface area contributed by atoms with Gasteiger partial charge < -0.3 is 4.79 Å². The van der Waals surface area contributed by atoms with Gasteiger partial charge in [0.05, 0.1) is 12.6 Å². The third-order valence-corrected chi connectivity index (χ3v) is 2.71. The molecule has 1 rings (SSSR count). The minimum absolute atomic E-state index is 0.140. The van der Waals surface area contributed by atoms with Crippen molar-refractivity contribution in [2.45, 2.75) is 39.2 Å². The molecule has 0 radical (unpaired) electrons. The maximum Gasteiger partial charge on any atom is 0.243 e. The van der Waals surface area contributed by atoms with E-state index in [0.29, 0.717) is 25.8 Å². The van der Waals surface area contributed by atoms with E-state index in [4.69, 9.17) is 0 Å². The molecule has 2 amide bonds. The third kappa shape index (κ3) is 3.41. The topological polar surface area (TPSA) is 66.5 Å². The summed E-state index contributed by atoms with van der Waals surface area (Å²) >= 11 is 0. The fourth-order valence-electron chi connectivity index (χ4n) is 1.93. The van der Waals surface area contributed by atoms with Crippen molar-refractivity contribution < 1.29 is 14.4 Å². The Morgan fingerprint density at radius 2 is 2.19 bits per heavy atom. The predicted octanol–water partition coefficient (Wildman–Crippen LogP) is 0.0926. The highest BCUT2D eigenvalue weighted by atomic mass is 16.2. The summed E-state index contributed by atoms with van der Waals surface area (Å²) in [7, 11) is 0. The first-order valence-electron chi connectivity index (χ1n) is 5.61. The van der Waals surface area contributed by atoms with Crippen LogP contribution >= 0.6 is 0 Å². The number of amides is 2. The van der Waals surface area contributed by atoms with Crippen LogP contribution in [0.3, 0.4) is 0 Å². The maximum atomic E-state index is 11.5. The molecule has 16 heavy (non-hydrogen) atoms. The van der Waals surface area contributed by atoms with E-state index in [1.54, 1.807) is 6.92 Å². The van der Waals surface area contributed by atoms with E-state index in [9.17, 15) is 14.4 Å². The standard InChI is InChI=1S/C11H18N2O3/c1-3-9-11(16)12-10(15)7-13(9)6-4-5-8(2)14/h9H,3-7H2,1-2H3,(H,12,15,16). The summed E-state index contributed by atoms with van der Waals surface area (Å²) in [5.74, 6) is -0.333. The minimum atomic E-state index is -0.252. The van der Waals surface area contributed by atoms with Gasteiger partial charge in [0, 0.05) is 6.42 Å². The zero-order chi connectivity index (χ0) is 12.1. The van der Waals surface area contributed by atoms with E-state index >= 15 is 0 Å². The monoisotopic (exact) mass is 226 g/mol. The number of hydrogen-bond acceptors (Lipinski definition) is 4. The van der Waals surface area contributed by atoms with Gasteiger partial charge in [-0.2, -0.15) is 0 Å². The molecule has 0 aliphatic carbocycles. The first kappa shape index (κ1) is 12.8. The molecule has 1 atom stereocenters. The fourth-order valence-corrected chi connectivity index (χ4v) is 1.93. The number of nitrogens with zero attached hydrogens (tertiary/aromatic N) is 1. The van der Waals surface area contributed by atoms with Gasteiger partial charge in [0.25, 0.3) is 0 Å². The number of Topliss-reactive ketones (excluding diaryl/α,β-unsaturated/α-hetero) is 1. The lowest BCUT2D eigenvalue weighted by Gasteiger charge is -2.33. The van der Waals surface area contributed by atoms with Gasteiger partial charge in [0.15, 0.2) is 0 Å². The summed E-state index contributed by atoms with van der Waals surface area (Å²) in [4.78, 5) is 35.4. The summed E-state index contributed by atoms with van der Waals surface area (Å²) in [5, 5.41) is 2.32. The first-order valence-corrected chi connectivity index (χ1v) is 5.61. The van der Waals surface area contributed by atoms with Gasteiger partial charge in [-0.1, -0.05) is 6.92 Å². The van der Waals surface area contributed by atoms with Gasteiger partial charge in [-0.05, 0) is 26.3 Å². The normalized spacial score (nSPS) is 22.0. The van der Waals surface area contributed by atoms with Crippen molar-refractivity contribution in [3.8, 4) is 0 Å².